The zero-order chi connectivity index (χ0) is 11.2. The van der Waals surface area contributed by atoms with Crippen molar-refractivity contribution in [3.8, 4) is 0 Å². The number of nitrogens with one attached hydrogen (secondary N) is 2. The minimum Gasteiger partial charge on any atom is -0.308 e. The van der Waals surface area contributed by atoms with Crippen molar-refractivity contribution in [3.05, 3.63) is 28.5 Å². The number of aromatic nitrogens is 4. The van der Waals surface area contributed by atoms with Gasteiger partial charge in [0, 0.05) is 17.5 Å². The smallest absolute Gasteiger partial charge is 0.0997 e. The predicted octanol–water partition coefficient (Wildman–Crippen LogP) is 1.54. The Bertz CT molecular complexity index is 383. The zero-order valence-corrected chi connectivity index (χ0v) is 10.00. The molecule has 5 nitrogen and oxygen atoms in total. The van der Waals surface area contributed by atoms with E-state index >= 15 is 0 Å². The highest BCUT2D eigenvalue weighted by Crippen LogP contribution is 2.18. The molecule has 2 N–H and O–H groups in total. The van der Waals surface area contributed by atoms with Crippen LogP contribution < -0.4 is 5.32 Å². The molecule has 6 heteroatoms. The SMILES string of the molecule is CCCNC(Cc1cncs1)c1cn[nH]n1. The van der Waals surface area contributed by atoms with E-state index < -0.39 is 0 Å². The van der Waals surface area contributed by atoms with Gasteiger partial charge in [-0.15, -0.1) is 11.3 Å². The van der Waals surface area contributed by atoms with Crippen LogP contribution in [-0.4, -0.2) is 26.9 Å². The lowest BCUT2D eigenvalue weighted by Gasteiger charge is -2.14. The van der Waals surface area contributed by atoms with Crippen molar-refractivity contribution in [2.45, 2.75) is 25.8 Å². The molecule has 0 saturated heterocycles. The third-order valence-electron chi connectivity index (χ3n) is 2.32. The molecule has 16 heavy (non-hydrogen) atoms. The van der Waals surface area contributed by atoms with Crippen molar-refractivity contribution in [1.29, 1.82) is 0 Å². The first-order valence-corrected chi connectivity index (χ1v) is 6.24. The number of nitrogens with zero attached hydrogens (tertiary/aromatic N) is 3. The minimum absolute atomic E-state index is 0.221. The molecule has 0 bridgehead atoms. The summed E-state index contributed by atoms with van der Waals surface area (Å²) < 4.78 is 0. The molecule has 1 atom stereocenters. The lowest BCUT2D eigenvalue weighted by atomic mass is 10.1. The number of aromatic amines is 1. The highest BCUT2D eigenvalue weighted by molar-refractivity contribution is 7.09. The molecule has 2 aromatic heterocycles. The fourth-order valence-electron chi connectivity index (χ4n) is 1.52. The number of H-pyrrole nitrogens is 1. The summed E-state index contributed by atoms with van der Waals surface area (Å²) in [5, 5.41) is 14.1. The molecule has 0 aromatic carbocycles. The van der Waals surface area contributed by atoms with E-state index in [0.29, 0.717) is 0 Å². The zero-order valence-electron chi connectivity index (χ0n) is 9.18. The van der Waals surface area contributed by atoms with E-state index in [2.05, 4.69) is 32.6 Å². The van der Waals surface area contributed by atoms with E-state index in [-0.39, 0.29) is 6.04 Å². The predicted molar refractivity (Wildman–Crippen MR) is 63.2 cm³/mol. The summed E-state index contributed by atoms with van der Waals surface area (Å²) in [6.07, 6.45) is 5.70. The van der Waals surface area contributed by atoms with E-state index in [4.69, 9.17) is 0 Å². The van der Waals surface area contributed by atoms with Gasteiger partial charge in [-0.25, -0.2) is 0 Å². The van der Waals surface area contributed by atoms with E-state index in [1.807, 2.05) is 11.7 Å². The van der Waals surface area contributed by atoms with E-state index in [9.17, 15) is 0 Å². The Morgan fingerprint density at radius 1 is 1.50 bits per heavy atom. The average molecular weight is 237 g/mol. The molecule has 0 aliphatic carbocycles. The van der Waals surface area contributed by atoms with Crippen molar-refractivity contribution in [3.63, 3.8) is 0 Å². The van der Waals surface area contributed by atoms with E-state index in [0.717, 1.165) is 25.1 Å². The average Bonchev–Trinajstić information content (AvgIpc) is 2.96. The molecule has 0 radical (unpaired) electrons. The van der Waals surface area contributed by atoms with Gasteiger partial charge in [0.2, 0.25) is 0 Å². The molecule has 86 valence electrons. The fourth-order valence-corrected chi connectivity index (χ4v) is 2.16. The van der Waals surface area contributed by atoms with Gasteiger partial charge in [-0.05, 0) is 13.0 Å². The van der Waals surface area contributed by atoms with Crippen LogP contribution in [0.2, 0.25) is 0 Å². The third-order valence-corrected chi connectivity index (χ3v) is 3.12. The summed E-state index contributed by atoms with van der Waals surface area (Å²) in [6, 6.07) is 0.221. The molecular weight excluding hydrogens is 222 g/mol. The molecule has 0 spiro atoms. The molecule has 0 amide bonds. The highest BCUT2D eigenvalue weighted by atomic mass is 32.1. The maximum atomic E-state index is 4.14. The van der Waals surface area contributed by atoms with Crippen LogP contribution in [0.25, 0.3) is 0 Å². The third kappa shape index (κ3) is 2.86. The van der Waals surface area contributed by atoms with Gasteiger partial charge in [0.05, 0.1) is 23.4 Å². The lowest BCUT2D eigenvalue weighted by Crippen LogP contribution is -2.24. The number of rotatable bonds is 6. The molecule has 2 rings (SSSR count). The Hall–Kier alpha value is -1.27. The summed E-state index contributed by atoms with van der Waals surface area (Å²) in [4.78, 5) is 5.34. The van der Waals surface area contributed by atoms with Crippen LogP contribution >= 0.6 is 11.3 Å². The largest absolute Gasteiger partial charge is 0.308 e. The first-order chi connectivity index (χ1) is 7.90. The maximum absolute atomic E-state index is 4.14. The summed E-state index contributed by atoms with van der Waals surface area (Å²) in [6.45, 7) is 3.13. The molecule has 1 unspecified atom stereocenters. The Kier molecular flexibility index (Phi) is 4.01. The normalized spacial score (nSPS) is 12.8. The second-order valence-electron chi connectivity index (χ2n) is 3.57. The van der Waals surface area contributed by atoms with Crippen LogP contribution in [0.4, 0.5) is 0 Å². The topological polar surface area (TPSA) is 66.5 Å². The second kappa shape index (κ2) is 5.72. The van der Waals surface area contributed by atoms with Gasteiger partial charge in [0.25, 0.3) is 0 Å². The van der Waals surface area contributed by atoms with Gasteiger partial charge >= 0.3 is 0 Å². The van der Waals surface area contributed by atoms with Crippen molar-refractivity contribution in [1.82, 2.24) is 25.7 Å². The number of hydrogen-bond acceptors (Lipinski definition) is 5. The van der Waals surface area contributed by atoms with Crippen molar-refractivity contribution >= 4 is 11.3 Å². The van der Waals surface area contributed by atoms with Crippen molar-refractivity contribution < 1.29 is 0 Å². The van der Waals surface area contributed by atoms with Gasteiger partial charge in [0.1, 0.15) is 0 Å². The standard InChI is InChI=1S/C10H15N5S/c1-2-3-12-9(10-6-13-15-14-10)4-8-5-11-7-16-8/h5-7,9,12H,2-4H2,1H3,(H,13,14,15). The molecule has 0 aliphatic heterocycles. The molecular formula is C10H15N5S. The van der Waals surface area contributed by atoms with Crippen LogP contribution in [0.15, 0.2) is 17.9 Å². The molecule has 0 saturated carbocycles. The number of thiazole rings is 1. The van der Waals surface area contributed by atoms with Gasteiger partial charge < -0.3 is 5.32 Å². The van der Waals surface area contributed by atoms with Gasteiger partial charge in [0.15, 0.2) is 0 Å². The fraction of sp³-hybridized carbons (Fsp3) is 0.500. The van der Waals surface area contributed by atoms with Crippen LogP contribution in [0.3, 0.4) is 0 Å². The monoisotopic (exact) mass is 237 g/mol. The minimum atomic E-state index is 0.221. The van der Waals surface area contributed by atoms with Crippen LogP contribution in [0.5, 0.6) is 0 Å². The Balaban J connectivity index is 2.03. The highest BCUT2D eigenvalue weighted by Gasteiger charge is 2.14. The quantitative estimate of drug-likeness (QED) is 0.800. The van der Waals surface area contributed by atoms with Crippen molar-refractivity contribution in [2.24, 2.45) is 0 Å². The molecule has 2 aromatic rings. The molecule has 0 fully saturated rings. The van der Waals surface area contributed by atoms with Crippen LogP contribution in [0, 0.1) is 0 Å². The van der Waals surface area contributed by atoms with Gasteiger partial charge in [-0.3, -0.25) is 4.98 Å². The van der Waals surface area contributed by atoms with Crippen LogP contribution in [-0.2, 0) is 6.42 Å². The summed E-state index contributed by atoms with van der Waals surface area (Å²) >= 11 is 1.67. The molecule has 2 heterocycles. The summed E-state index contributed by atoms with van der Waals surface area (Å²) in [5.74, 6) is 0. The lowest BCUT2D eigenvalue weighted by molar-refractivity contribution is 0.519. The first-order valence-electron chi connectivity index (χ1n) is 5.36. The summed E-state index contributed by atoms with van der Waals surface area (Å²) in [5.41, 5.74) is 2.82. The Labute approximate surface area is 98.3 Å². The second-order valence-corrected chi connectivity index (χ2v) is 4.54. The van der Waals surface area contributed by atoms with Crippen molar-refractivity contribution in [2.75, 3.05) is 6.54 Å². The van der Waals surface area contributed by atoms with Gasteiger partial charge in [-0.2, -0.15) is 15.4 Å². The van der Waals surface area contributed by atoms with E-state index in [1.54, 1.807) is 17.5 Å². The number of hydrogen-bond donors (Lipinski definition) is 2. The van der Waals surface area contributed by atoms with Crippen LogP contribution in [0.1, 0.15) is 30.0 Å². The van der Waals surface area contributed by atoms with Gasteiger partial charge in [-0.1, -0.05) is 6.92 Å². The van der Waals surface area contributed by atoms with E-state index in [1.165, 1.54) is 4.88 Å². The summed E-state index contributed by atoms with van der Waals surface area (Å²) in [7, 11) is 0. The maximum Gasteiger partial charge on any atom is 0.0997 e. The Morgan fingerprint density at radius 3 is 3.06 bits per heavy atom. The Morgan fingerprint density at radius 2 is 2.44 bits per heavy atom. The molecule has 0 aliphatic rings. The first kappa shape index (κ1) is 11.2.